The Morgan fingerprint density at radius 3 is 2.04 bits per heavy atom. The first-order chi connectivity index (χ1) is 11.9. The zero-order valence-electron chi connectivity index (χ0n) is 13.6. The SMILES string of the molecule is C[C@H](NC(N)=O)C(=O)Nc1cccc(NC(=O)Nc2ccccc2)c1. The first-order valence-electron chi connectivity index (χ1n) is 7.54. The van der Waals surface area contributed by atoms with Crippen LogP contribution in [-0.2, 0) is 4.79 Å². The number of nitrogens with one attached hydrogen (secondary N) is 4. The van der Waals surface area contributed by atoms with Gasteiger partial charge < -0.3 is 27.0 Å². The van der Waals surface area contributed by atoms with Crippen molar-refractivity contribution in [1.29, 1.82) is 0 Å². The number of nitrogens with two attached hydrogens (primary N) is 1. The van der Waals surface area contributed by atoms with Crippen molar-refractivity contribution in [1.82, 2.24) is 5.32 Å². The first kappa shape index (κ1) is 17.8. The molecule has 0 saturated carbocycles. The molecule has 0 heterocycles. The summed E-state index contributed by atoms with van der Waals surface area (Å²) in [5.74, 6) is -0.426. The van der Waals surface area contributed by atoms with Crippen LogP contribution in [0.2, 0.25) is 0 Å². The second-order valence-corrected chi connectivity index (χ2v) is 5.25. The molecule has 25 heavy (non-hydrogen) atoms. The second-order valence-electron chi connectivity index (χ2n) is 5.25. The maximum atomic E-state index is 12.0. The van der Waals surface area contributed by atoms with Crippen LogP contribution in [0.5, 0.6) is 0 Å². The number of hydrogen-bond acceptors (Lipinski definition) is 3. The lowest BCUT2D eigenvalue weighted by Crippen LogP contribution is -2.44. The number of rotatable bonds is 5. The van der Waals surface area contributed by atoms with E-state index in [2.05, 4.69) is 21.3 Å². The van der Waals surface area contributed by atoms with Crippen molar-refractivity contribution in [2.45, 2.75) is 13.0 Å². The highest BCUT2D eigenvalue weighted by atomic mass is 16.2. The summed E-state index contributed by atoms with van der Waals surface area (Å²) in [5.41, 5.74) is 6.62. The van der Waals surface area contributed by atoms with Gasteiger partial charge in [-0.1, -0.05) is 24.3 Å². The number of carbonyl (C=O) groups excluding carboxylic acids is 3. The Morgan fingerprint density at radius 2 is 1.40 bits per heavy atom. The summed E-state index contributed by atoms with van der Waals surface area (Å²) < 4.78 is 0. The molecule has 0 aromatic heterocycles. The van der Waals surface area contributed by atoms with Gasteiger partial charge in [0.05, 0.1) is 0 Å². The largest absolute Gasteiger partial charge is 0.352 e. The lowest BCUT2D eigenvalue weighted by atomic mass is 10.2. The molecule has 0 aliphatic rings. The molecule has 2 rings (SSSR count). The van der Waals surface area contributed by atoms with E-state index in [1.165, 1.54) is 6.92 Å². The van der Waals surface area contributed by atoms with Crippen LogP contribution < -0.4 is 27.0 Å². The van der Waals surface area contributed by atoms with Gasteiger partial charge in [0, 0.05) is 17.1 Å². The maximum Gasteiger partial charge on any atom is 0.323 e. The van der Waals surface area contributed by atoms with E-state index < -0.39 is 24.0 Å². The Hall–Kier alpha value is -3.55. The van der Waals surface area contributed by atoms with Gasteiger partial charge in [-0.15, -0.1) is 0 Å². The molecule has 0 saturated heterocycles. The van der Waals surface area contributed by atoms with Crippen LogP contribution in [0.3, 0.4) is 0 Å². The molecule has 130 valence electrons. The fourth-order valence-corrected chi connectivity index (χ4v) is 2.02. The minimum atomic E-state index is -0.782. The molecule has 8 heteroatoms. The summed E-state index contributed by atoms with van der Waals surface area (Å²) in [6.07, 6.45) is 0. The second kappa shape index (κ2) is 8.34. The van der Waals surface area contributed by atoms with Gasteiger partial charge in [-0.05, 0) is 37.3 Å². The molecule has 0 radical (unpaired) electrons. The Kier molecular flexibility index (Phi) is 5.94. The highest BCUT2D eigenvalue weighted by Crippen LogP contribution is 2.16. The number of hydrogen-bond donors (Lipinski definition) is 5. The van der Waals surface area contributed by atoms with E-state index >= 15 is 0 Å². The smallest absolute Gasteiger partial charge is 0.323 e. The van der Waals surface area contributed by atoms with E-state index in [0.717, 1.165) is 0 Å². The van der Waals surface area contributed by atoms with E-state index in [1.54, 1.807) is 36.4 Å². The third-order valence-electron chi connectivity index (χ3n) is 3.17. The van der Waals surface area contributed by atoms with Crippen LogP contribution in [0.25, 0.3) is 0 Å². The molecule has 5 amide bonds. The first-order valence-corrected chi connectivity index (χ1v) is 7.54. The minimum absolute atomic E-state index is 0.404. The third kappa shape index (κ3) is 5.87. The maximum absolute atomic E-state index is 12.0. The van der Waals surface area contributed by atoms with Crippen LogP contribution in [-0.4, -0.2) is 24.0 Å². The van der Waals surface area contributed by atoms with E-state index in [-0.39, 0.29) is 0 Å². The van der Waals surface area contributed by atoms with Crippen molar-refractivity contribution in [2.24, 2.45) is 5.73 Å². The molecule has 2 aromatic carbocycles. The predicted molar refractivity (Wildman–Crippen MR) is 96.3 cm³/mol. The standard InChI is InChI=1S/C17H19N5O3/c1-11(19-16(18)24)15(23)20-13-8-5-9-14(10-13)22-17(25)21-12-6-3-2-4-7-12/h2-11H,1H3,(H,20,23)(H3,18,19,24)(H2,21,22,25)/t11-/m0/s1. The zero-order valence-corrected chi connectivity index (χ0v) is 13.6. The number of benzene rings is 2. The van der Waals surface area contributed by atoms with Gasteiger partial charge in [0.1, 0.15) is 6.04 Å². The van der Waals surface area contributed by atoms with Crippen LogP contribution >= 0.6 is 0 Å². The highest BCUT2D eigenvalue weighted by molar-refractivity contribution is 6.01. The molecular formula is C17H19N5O3. The van der Waals surface area contributed by atoms with Crippen molar-refractivity contribution in [3.05, 3.63) is 54.6 Å². The molecule has 6 N–H and O–H groups in total. The Bertz CT molecular complexity index is 764. The normalized spacial score (nSPS) is 11.1. The van der Waals surface area contributed by atoms with Gasteiger partial charge in [0.15, 0.2) is 0 Å². The van der Waals surface area contributed by atoms with E-state index in [1.807, 2.05) is 18.2 Å². The summed E-state index contributed by atoms with van der Waals surface area (Å²) in [6, 6.07) is 13.7. The number of amides is 5. The monoisotopic (exact) mass is 341 g/mol. The Labute approximate surface area is 144 Å². The molecule has 0 spiro atoms. The quantitative estimate of drug-likeness (QED) is 0.573. The van der Waals surface area contributed by atoms with Crippen molar-refractivity contribution in [3.8, 4) is 0 Å². The fourth-order valence-electron chi connectivity index (χ4n) is 2.02. The average Bonchev–Trinajstić information content (AvgIpc) is 2.55. The minimum Gasteiger partial charge on any atom is -0.352 e. The lowest BCUT2D eigenvalue weighted by Gasteiger charge is -2.13. The van der Waals surface area contributed by atoms with Gasteiger partial charge in [0.25, 0.3) is 0 Å². The number of primary amides is 1. The van der Waals surface area contributed by atoms with Crippen molar-refractivity contribution in [3.63, 3.8) is 0 Å². The van der Waals surface area contributed by atoms with E-state index in [4.69, 9.17) is 5.73 Å². The molecule has 8 nitrogen and oxygen atoms in total. The summed E-state index contributed by atoms with van der Waals surface area (Å²) in [4.78, 5) is 34.7. The molecule has 0 aliphatic carbocycles. The molecule has 2 aromatic rings. The van der Waals surface area contributed by atoms with E-state index in [0.29, 0.717) is 17.1 Å². The summed E-state index contributed by atoms with van der Waals surface area (Å²) in [7, 11) is 0. The van der Waals surface area contributed by atoms with Gasteiger partial charge >= 0.3 is 12.1 Å². The van der Waals surface area contributed by atoms with Gasteiger partial charge in [-0.3, -0.25) is 4.79 Å². The van der Waals surface area contributed by atoms with Crippen molar-refractivity contribution < 1.29 is 14.4 Å². The molecule has 0 aliphatic heterocycles. The van der Waals surface area contributed by atoms with E-state index in [9.17, 15) is 14.4 Å². The molecule has 0 bridgehead atoms. The van der Waals surface area contributed by atoms with Crippen LogP contribution in [0.1, 0.15) is 6.92 Å². The molecule has 1 atom stereocenters. The number of carbonyl (C=O) groups is 3. The molecule has 0 unspecified atom stereocenters. The number of para-hydroxylation sites is 1. The van der Waals surface area contributed by atoms with Crippen LogP contribution in [0.4, 0.5) is 26.7 Å². The van der Waals surface area contributed by atoms with Crippen LogP contribution in [0.15, 0.2) is 54.6 Å². The van der Waals surface area contributed by atoms with Crippen LogP contribution in [0, 0.1) is 0 Å². The van der Waals surface area contributed by atoms with Gasteiger partial charge in [0.2, 0.25) is 5.91 Å². The summed E-state index contributed by atoms with van der Waals surface area (Å²) in [6.45, 7) is 1.51. The van der Waals surface area contributed by atoms with Crippen molar-refractivity contribution in [2.75, 3.05) is 16.0 Å². The molecule has 0 fully saturated rings. The van der Waals surface area contributed by atoms with Gasteiger partial charge in [-0.2, -0.15) is 0 Å². The highest BCUT2D eigenvalue weighted by Gasteiger charge is 2.14. The zero-order chi connectivity index (χ0) is 18.2. The van der Waals surface area contributed by atoms with Crippen molar-refractivity contribution >= 4 is 35.0 Å². The lowest BCUT2D eigenvalue weighted by molar-refractivity contribution is -0.117. The number of urea groups is 2. The predicted octanol–water partition coefficient (Wildman–Crippen LogP) is 2.33. The van der Waals surface area contributed by atoms with Gasteiger partial charge in [-0.25, -0.2) is 9.59 Å². The molecular weight excluding hydrogens is 322 g/mol. The topological polar surface area (TPSA) is 125 Å². The fraction of sp³-hybridized carbons (Fsp3) is 0.118. The Morgan fingerprint density at radius 1 is 0.840 bits per heavy atom. The summed E-state index contributed by atoms with van der Waals surface area (Å²) >= 11 is 0. The Balaban J connectivity index is 1.95. The third-order valence-corrected chi connectivity index (χ3v) is 3.17. The summed E-state index contributed by atoms with van der Waals surface area (Å²) in [5, 5.41) is 10.3. The average molecular weight is 341 g/mol. The number of anilines is 3.